The van der Waals surface area contributed by atoms with Crippen LogP contribution in [0.5, 0.6) is 0 Å². The number of rotatable bonds is 1. The van der Waals surface area contributed by atoms with E-state index in [4.69, 9.17) is 0 Å². The Morgan fingerprint density at radius 3 is 3.00 bits per heavy atom. The van der Waals surface area contributed by atoms with Gasteiger partial charge in [-0.1, -0.05) is 0 Å². The van der Waals surface area contributed by atoms with Crippen LogP contribution >= 0.6 is 11.3 Å². The zero-order valence-electron chi connectivity index (χ0n) is 6.62. The lowest BCUT2D eigenvalue weighted by atomic mass is 9.97. The van der Waals surface area contributed by atoms with Crippen LogP contribution in [0.2, 0.25) is 0 Å². The van der Waals surface area contributed by atoms with E-state index in [1.165, 1.54) is 0 Å². The first-order valence-corrected chi connectivity index (χ1v) is 4.92. The molecule has 3 heteroatoms. The lowest BCUT2D eigenvalue weighted by Gasteiger charge is -2.08. The van der Waals surface area contributed by atoms with Crippen molar-refractivity contribution in [2.75, 3.05) is 0 Å². The molecule has 2 nitrogen and oxygen atoms in total. The van der Waals surface area contributed by atoms with Crippen molar-refractivity contribution in [1.82, 2.24) is 4.98 Å². The molecule has 0 atom stereocenters. The minimum atomic E-state index is 0.240. The summed E-state index contributed by atoms with van der Waals surface area (Å²) in [6.45, 7) is 0. The summed E-state index contributed by atoms with van der Waals surface area (Å²) in [6.07, 6.45) is 4.41. The van der Waals surface area contributed by atoms with Crippen LogP contribution in [0.25, 0.3) is 5.57 Å². The van der Waals surface area contributed by atoms with Crippen molar-refractivity contribution in [2.24, 2.45) is 0 Å². The third-order valence-corrected chi connectivity index (χ3v) is 2.55. The molecule has 1 aliphatic carbocycles. The Morgan fingerprint density at radius 1 is 1.42 bits per heavy atom. The third kappa shape index (κ3) is 1.46. The van der Waals surface area contributed by atoms with Crippen LogP contribution in [-0.2, 0) is 4.79 Å². The molecule has 2 rings (SSSR count). The Bertz CT molecular complexity index is 313. The van der Waals surface area contributed by atoms with Crippen LogP contribution in [0.15, 0.2) is 17.0 Å². The molecule has 0 spiro atoms. The van der Waals surface area contributed by atoms with Crippen molar-refractivity contribution in [2.45, 2.75) is 19.3 Å². The second-order valence-electron chi connectivity index (χ2n) is 2.86. The average Bonchev–Trinajstić information content (AvgIpc) is 2.56. The molecule has 12 heavy (non-hydrogen) atoms. The summed E-state index contributed by atoms with van der Waals surface area (Å²) in [4.78, 5) is 15.2. The zero-order valence-corrected chi connectivity index (χ0v) is 7.43. The number of allylic oxidation sites excluding steroid dienone is 2. The normalized spacial score (nSPS) is 17.7. The fourth-order valence-corrected chi connectivity index (χ4v) is 1.94. The van der Waals surface area contributed by atoms with Gasteiger partial charge in [0.25, 0.3) is 0 Å². The van der Waals surface area contributed by atoms with Gasteiger partial charge in [-0.15, -0.1) is 11.3 Å². The number of hydrogen-bond donors (Lipinski definition) is 0. The molecule has 0 radical (unpaired) electrons. The summed E-state index contributed by atoms with van der Waals surface area (Å²) in [6, 6.07) is 0. The average molecular weight is 179 g/mol. The number of aromatic nitrogens is 1. The Labute approximate surface area is 74.9 Å². The van der Waals surface area contributed by atoms with E-state index in [1.54, 1.807) is 22.9 Å². The summed E-state index contributed by atoms with van der Waals surface area (Å²) in [5.41, 5.74) is 3.88. The molecule has 1 aromatic rings. The molecular formula is C9H9NOS. The molecule has 0 fully saturated rings. The van der Waals surface area contributed by atoms with Gasteiger partial charge in [-0.05, 0) is 24.5 Å². The number of nitrogens with zero attached hydrogens (tertiary/aromatic N) is 1. The fraction of sp³-hybridized carbons (Fsp3) is 0.333. The van der Waals surface area contributed by atoms with Gasteiger partial charge < -0.3 is 0 Å². The summed E-state index contributed by atoms with van der Waals surface area (Å²) >= 11 is 1.57. The van der Waals surface area contributed by atoms with Gasteiger partial charge in [0, 0.05) is 11.8 Å². The molecule has 0 saturated heterocycles. The van der Waals surface area contributed by atoms with Gasteiger partial charge in [-0.3, -0.25) is 4.79 Å². The van der Waals surface area contributed by atoms with Crippen LogP contribution in [0.1, 0.15) is 25.0 Å². The van der Waals surface area contributed by atoms with E-state index >= 15 is 0 Å². The lowest BCUT2D eigenvalue weighted by molar-refractivity contribution is -0.114. The third-order valence-electron chi connectivity index (χ3n) is 1.97. The Kier molecular flexibility index (Phi) is 2.04. The minimum absolute atomic E-state index is 0.240. The van der Waals surface area contributed by atoms with E-state index in [0.29, 0.717) is 6.42 Å². The van der Waals surface area contributed by atoms with Crippen LogP contribution < -0.4 is 0 Å². The number of carbonyl (C=O) groups is 1. The van der Waals surface area contributed by atoms with E-state index in [1.807, 2.05) is 5.38 Å². The number of hydrogen-bond acceptors (Lipinski definition) is 3. The fourth-order valence-electron chi connectivity index (χ4n) is 1.36. The highest BCUT2D eigenvalue weighted by Crippen LogP contribution is 2.24. The molecule has 0 aliphatic heterocycles. The molecule has 62 valence electrons. The highest BCUT2D eigenvalue weighted by Gasteiger charge is 2.12. The molecule has 1 aromatic heterocycles. The summed E-state index contributed by atoms with van der Waals surface area (Å²) in [5, 5.41) is 1.99. The monoisotopic (exact) mass is 179 g/mol. The van der Waals surface area contributed by atoms with Gasteiger partial charge in [0.2, 0.25) is 0 Å². The van der Waals surface area contributed by atoms with Crippen molar-refractivity contribution in [3.05, 3.63) is 22.7 Å². The maximum absolute atomic E-state index is 11.1. The molecule has 1 aliphatic rings. The highest BCUT2D eigenvalue weighted by atomic mass is 32.1. The maximum Gasteiger partial charge on any atom is 0.156 e. The first kappa shape index (κ1) is 7.68. The van der Waals surface area contributed by atoms with Crippen LogP contribution in [0.3, 0.4) is 0 Å². The molecule has 0 saturated carbocycles. The highest BCUT2D eigenvalue weighted by molar-refractivity contribution is 7.07. The van der Waals surface area contributed by atoms with Crippen molar-refractivity contribution in [3.8, 4) is 0 Å². The lowest BCUT2D eigenvalue weighted by Crippen LogP contribution is -2.01. The molecular weight excluding hydrogens is 170 g/mol. The van der Waals surface area contributed by atoms with Crippen molar-refractivity contribution >= 4 is 22.7 Å². The minimum Gasteiger partial charge on any atom is -0.295 e. The molecule has 0 amide bonds. The zero-order chi connectivity index (χ0) is 8.39. The SMILES string of the molecule is O=C1C=C(c2cscn2)CCC1. The van der Waals surface area contributed by atoms with Gasteiger partial charge in [0.05, 0.1) is 11.2 Å². The van der Waals surface area contributed by atoms with Gasteiger partial charge in [-0.25, -0.2) is 4.98 Å². The first-order chi connectivity index (χ1) is 5.86. The first-order valence-electron chi connectivity index (χ1n) is 3.98. The topological polar surface area (TPSA) is 30.0 Å². The van der Waals surface area contributed by atoms with Crippen LogP contribution in [0, 0.1) is 0 Å². The molecule has 1 heterocycles. The van der Waals surface area contributed by atoms with Gasteiger partial charge in [0.1, 0.15) is 0 Å². The molecule has 0 N–H and O–H groups in total. The Morgan fingerprint density at radius 2 is 2.33 bits per heavy atom. The summed E-state index contributed by atoms with van der Waals surface area (Å²) in [5.74, 6) is 0.240. The predicted octanol–water partition coefficient (Wildman–Crippen LogP) is 2.28. The molecule has 0 aromatic carbocycles. The van der Waals surface area contributed by atoms with Crippen LogP contribution in [0.4, 0.5) is 0 Å². The summed E-state index contributed by atoms with van der Waals surface area (Å²) in [7, 11) is 0. The maximum atomic E-state index is 11.1. The number of ketones is 1. The van der Waals surface area contributed by atoms with Gasteiger partial charge in [-0.2, -0.15) is 0 Å². The van der Waals surface area contributed by atoms with Crippen molar-refractivity contribution < 1.29 is 4.79 Å². The van der Waals surface area contributed by atoms with E-state index in [0.717, 1.165) is 24.1 Å². The Balaban J connectivity index is 2.29. The summed E-state index contributed by atoms with van der Waals surface area (Å²) < 4.78 is 0. The smallest absolute Gasteiger partial charge is 0.156 e. The van der Waals surface area contributed by atoms with E-state index < -0.39 is 0 Å². The molecule has 0 unspecified atom stereocenters. The van der Waals surface area contributed by atoms with E-state index in [2.05, 4.69) is 4.98 Å². The largest absolute Gasteiger partial charge is 0.295 e. The second-order valence-corrected chi connectivity index (χ2v) is 3.58. The number of thiazole rings is 1. The second kappa shape index (κ2) is 3.19. The standard InChI is InChI=1S/C9H9NOS/c11-8-3-1-2-7(4-8)9-5-12-6-10-9/h4-6H,1-3H2. The molecule has 0 bridgehead atoms. The van der Waals surface area contributed by atoms with E-state index in [9.17, 15) is 4.79 Å². The van der Waals surface area contributed by atoms with E-state index in [-0.39, 0.29) is 5.78 Å². The van der Waals surface area contributed by atoms with Gasteiger partial charge in [0.15, 0.2) is 5.78 Å². The predicted molar refractivity (Wildman–Crippen MR) is 48.9 cm³/mol. The van der Waals surface area contributed by atoms with Gasteiger partial charge >= 0.3 is 0 Å². The number of carbonyl (C=O) groups excluding carboxylic acids is 1. The Hall–Kier alpha value is -0.960. The van der Waals surface area contributed by atoms with Crippen molar-refractivity contribution in [1.29, 1.82) is 0 Å². The van der Waals surface area contributed by atoms with Crippen LogP contribution in [-0.4, -0.2) is 10.8 Å². The quantitative estimate of drug-likeness (QED) is 0.662. The van der Waals surface area contributed by atoms with Crippen molar-refractivity contribution in [3.63, 3.8) is 0 Å².